The summed E-state index contributed by atoms with van der Waals surface area (Å²) in [5.41, 5.74) is 5.35. The highest BCUT2D eigenvalue weighted by atomic mass is 35.5. The summed E-state index contributed by atoms with van der Waals surface area (Å²) in [4.78, 5) is 21.9. The van der Waals surface area contributed by atoms with E-state index < -0.39 is 0 Å². The van der Waals surface area contributed by atoms with Crippen LogP contribution in [0.3, 0.4) is 0 Å². The second kappa shape index (κ2) is 8.12. The van der Waals surface area contributed by atoms with Crippen molar-refractivity contribution in [3.8, 4) is 11.5 Å². The molecule has 4 aromatic rings. The van der Waals surface area contributed by atoms with Gasteiger partial charge in [0.25, 0.3) is 0 Å². The minimum atomic E-state index is -0.0681. The monoisotopic (exact) mass is 410 g/mol. The zero-order chi connectivity index (χ0) is 19.5. The Labute approximate surface area is 172 Å². The molecule has 142 valence electrons. The highest BCUT2D eigenvalue weighted by Gasteiger charge is 2.18. The van der Waals surface area contributed by atoms with Gasteiger partial charge in [-0.3, -0.25) is 4.79 Å². The fourth-order valence-corrected chi connectivity index (χ4v) is 3.91. The van der Waals surface area contributed by atoms with E-state index in [-0.39, 0.29) is 18.5 Å². The van der Waals surface area contributed by atoms with Gasteiger partial charge in [0, 0.05) is 10.4 Å². The summed E-state index contributed by atoms with van der Waals surface area (Å²) in [5.74, 6) is 0.638. The fourth-order valence-electron chi connectivity index (χ4n) is 3.25. The molecule has 4 rings (SSSR count). The number of fused-ring (bicyclic) bond motifs is 1. The van der Waals surface area contributed by atoms with Crippen LogP contribution in [0.25, 0.3) is 22.6 Å². The van der Waals surface area contributed by atoms with Crippen molar-refractivity contribution in [2.45, 2.75) is 25.9 Å². The second-order valence-corrected chi connectivity index (χ2v) is 7.62. The van der Waals surface area contributed by atoms with Crippen LogP contribution in [-0.4, -0.2) is 20.4 Å². The smallest absolute Gasteiger partial charge is 0.240 e. The zero-order valence-corrected chi connectivity index (χ0v) is 16.9. The van der Waals surface area contributed by atoms with Crippen LogP contribution in [-0.2, 0) is 11.3 Å². The molecule has 0 bridgehead atoms. The number of hydrogen-bond donors (Lipinski definition) is 1. The first kappa shape index (κ1) is 18.7. The van der Waals surface area contributed by atoms with Crippen LogP contribution in [0.1, 0.15) is 24.9 Å². The lowest BCUT2D eigenvalue weighted by molar-refractivity contribution is -0.122. The lowest BCUT2D eigenvalue weighted by atomic mass is 10.0. The van der Waals surface area contributed by atoms with Crippen LogP contribution >= 0.6 is 22.9 Å². The van der Waals surface area contributed by atoms with Gasteiger partial charge in [0.2, 0.25) is 5.91 Å². The van der Waals surface area contributed by atoms with Crippen LogP contribution < -0.4 is 5.32 Å². The Bertz CT molecular complexity index is 1090. The number of halogens is 1. The van der Waals surface area contributed by atoms with Gasteiger partial charge in [-0.1, -0.05) is 42.8 Å². The maximum absolute atomic E-state index is 12.9. The van der Waals surface area contributed by atoms with Gasteiger partial charge < -0.3 is 9.88 Å². The molecular formula is C21H19ClN4OS. The molecule has 7 heteroatoms. The van der Waals surface area contributed by atoms with Gasteiger partial charge in [0.15, 0.2) is 5.82 Å². The van der Waals surface area contributed by atoms with Crippen LogP contribution in [0.15, 0.2) is 59.4 Å². The largest absolute Gasteiger partial charge is 0.348 e. The van der Waals surface area contributed by atoms with E-state index in [4.69, 9.17) is 11.6 Å². The minimum absolute atomic E-state index is 0.0673. The molecule has 0 spiro atoms. The third-order valence-electron chi connectivity index (χ3n) is 4.63. The number of hydrogen-bond acceptors (Lipinski definition) is 4. The van der Waals surface area contributed by atoms with Crippen molar-refractivity contribution in [1.82, 2.24) is 19.9 Å². The van der Waals surface area contributed by atoms with Crippen LogP contribution in [0.5, 0.6) is 0 Å². The summed E-state index contributed by atoms with van der Waals surface area (Å²) >= 11 is 7.49. The van der Waals surface area contributed by atoms with Gasteiger partial charge in [-0.15, -0.1) is 11.3 Å². The molecule has 1 amide bonds. The van der Waals surface area contributed by atoms with Gasteiger partial charge in [-0.05, 0) is 36.2 Å². The highest BCUT2D eigenvalue weighted by Crippen LogP contribution is 2.25. The van der Waals surface area contributed by atoms with E-state index in [0.717, 1.165) is 28.7 Å². The van der Waals surface area contributed by atoms with Crippen molar-refractivity contribution in [2.24, 2.45) is 0 Å². The van der Waals surface area contributed by atoms with Gasteiger partial charge in [-0.25, -0.2) is 9.97 Å². The van der Waals surface area contributed by atoms with Crippen molar-refractivity contribution in [1.29, 1.82) is 0 Å². The number of amides is 1. The maximum Gasteiger partial charge on any atom is 0.240 e. The van der Waals surface area contributed by atoms with E-state index in [1.54, 1.807) is 5.51 Å². The molecule has 2 heterocycles. The first-order valence-corrected chi connectivity index (χ1v) is 10.4. The summed E-state index contributed by atoms with van der Waals surface area (Å²) < 4.78 is 1.92. The first-order chi connectivity index (χ1) is 13.7. The third kappa shape index (κ3) is 3.79. The lowest BCUT2D eigenvalue weighted by Gasteiger charge is -2.18. The van der Waals surface area contributed by atoms with E-state index in [1.165, 1.54) is 11.3 Å². The number of imidazole rings is 1. The summed E-state index contributed by atoms with van der Waals surface area (Å²) in [6.07, 6.45) is 0.789. The highest BCUT2D eigenvalue weighted by molar-refractivity contribution is 7.07. The average Bonchev–Trinajstić information content (AvgIpc) is 3.35. The van der Waals surface area contributed by atoms with Crippen molar-refractivity contribution in [2.75, 3.05) is 0 Å². The average molecular weight is 411 g/mol. The molecule has 5 nitrogen and oxygen atoms in total. The fraction of sp³-hybridized carbons (Fsp3) is 0.190. The standard InChI is InChI=1S/C21H19ClN4OS/c1-2-16(14-7-9-15(22)10-8-14)24-20(27)11-26-19-6-4-3-5-17(19)25-21(26)18-12-28-13-23-18/h3-10,12-13,16H,2,11H2,1H3,(H,24,27)/t16-/m1/s1. The molecule has 2 aromatic carbocycles. The second-order valence-electron chi connectivity index (χ2n) is 6.46. The SMILES string of the molecule is CC[C@@H](NC(=O)Cn1c(-c2cscn2)nc2ccccc21)c1ccc(Cl)cc1. The number of aromatic nitrogens is 3. The van der Waals surface area contributed by atoms with Crippen molar-refractivity contribution < 1.29 is 4.79 Å². The first-order valence-electron chi connectivity index (χ1n) is 9.04. The number of rotatable bonds is 6. The number of benzene rings is 2. The molecule has 28 heavy (non-hydrogen) atoms. The van der Waals surface area contributed by atoms with Gasteiger partial charge in [0.1, 0.15) is 12.2 Å². The predicted molar refractivity (Wildman–Crippen MR) is 113 cm³/mol. The number of nitrogens with zero attached hydrogens (tertiary/aromatic N) is 3. The summed E-state index contributed by atoms with van der Waals surface area (Å²) in [7, 11) is 0. The number of carbonyl (C=O) groups is 1. The molecule has 0 unspecified atom stereocenters. The van der Waals surface area contributed by atoms with E-state index in [9.17, 15) is 4.79 Å². The van der Waals surface area contributed by atoms with Gasteiger partial charge >= 0.3 is 0 Å². The van der Waals surface area contributed by atoms with Crippen molar-refractivity contribution in [3.05, 3.63) is 70.0 Å². The molecule has 0 saturated carbocycles. The predicted octanol–water partition coefficient (Wildman–Crippen LogP) is 5.08. The Kier molecular flexibility index (Phi) is 5.41. The summed E-state index contributed by atoms with van der Waals surface area (Å²) in [6, 6.07) is 15.3. The lowest BCUT2D eigenvalue weighted by Crippen LogP contribution is -2.31. The molecular weight excluding hydrogens is 392 g/mol. The zero-order valence-electron chi connectivity index (χ0n) is 15.3. The normalized spacial score (nSPS) is 12.2. The van der Waals surface area contributed by atoms with Gasteiger partial charge in [-0.2, -0.15) is 0 Å². The molecule has 0 aliphatic carbocycles. The van der Waals surface area contributed by atoms with E-state index in [1.807, 2.05) is 65.4 Å². The Morgan fingerprint density at radius 1 is 1.21 bits per heavy atom. The molecule has 0 aliphatic rings. The van der Waals surface area contributed by atoms with Crippen LogP contribution in [0.2, 0.25) is 5.02 Å². The molecule has 1 N–H and O–H groups in total. The number of nitrogens with one attached hydrogen (secondary N) is 1. The molecule has 0 aliphatic heterocycles. The van der Waals surface area contributed by atoms with Gasteiger partial charge in [0.05, 0.1) is 22.6 Å². The molecule has 0 saturated heterocycles. The Balaban J connectivity index is 1.61. The Morgan fingerprint density at radius 2 is 2.00 bits per heavy atom. The number of thiazole rings is 1. The van der Waals surface area contributed by atoms with Crippen molar-refractivity contribution >= 4 is 39.9 Å². The maximum atomic E-state index is 12.9. The minimum Gasteiger partial charge on any atom is -0.348 e. The van der Waals surface area contributed by atoms with E-state index >= 15 is 0 Å². The summed E-state index contributed by atoms with van der Waals surface area (Å²) in [6.45, 7) is 2.23. The van der Waals surface area contributed by atoms with Crippen LogP contribution in [0.4, 0.5) is 0 Å². The quantitative estimate of drug-likeness (QED) is 0.482. The summed E-state index contributed by atoms with van der Waals surface area (Å²) in [5, 5.41) is 5.76. The number of para-hydroxylation sites is 2. The Morgan fingerprint density at radius 3 is 2.71 bits per heavy atom. The van der Waals surface area contributed by atoms with Crippen molar-refractivity contribution in [3.63, 3.8) is 0 Å². The number of carbonyl (C=O) groups excluding carboxylic acids is 1. The van der Waals surface area contributed by atoms with E-state index in [0.29, 0.717) is 10.8 Å². The van der Waals surface area contributed by atoms with E-state index in [2.05, 4.69) is 15.3 Å². The Hall–Kier alpha value is -2.70. The molecule has 1 atom stereocenters. The third-order valence-corrected chi connectivity index (χ3v) is 5.47. The van der Waals surface area contributed by atoms with Crippen LogP contribution in [0, 0.1) is 0 Å². The topological polar surface area (TPSA) is 59.8 Å². The molecule has 0 radical (unpaired) electrons. The molecule has 2 aromatic heterocycles. The molecule has 0 fully saturated rings.